The Morgan fingerprint density at radius 3 is 2.17 bits per heavy atom. The Morgan fingerprint density at radius 1 is 0.861 bits per heavy atom. The molecule has 0 unspecified atom stereocenters. The van der Waals surface area contributed by atoms with E-state index >= 15 is 0 Å². The van der Waals surface area contributed by atoms with Gasteiger partial charge in [0.05, 0.1) is 19.9 Å². The Bertz CT molecular complexity index is 1240. The van der Waals surface area contributed by atoms with Crippen molar-refractivity contribution in [3.8, 4) is 22.8 Å². The van der Waals surface area contributed by atoms with E-state index < -0.39 is 0 Å². The van der Waals surface area contributed by atoms with Crippen LogP contribution < -0.4 is 19.3 Å². The summed E-state index contributed by atoms with van der Waals surface area (Å²) in [6, 6.07) is 9.46. The van der Waals surface area contributed by atoms with Crippen LogP contribution in [-0.2, 0) is 7.05 Å². The largest absolute Gasteiger partial charge is 0.497 e. The van der Waals surface area contributed by atoms with Crippen molar-refractivity contribution in [2.45, 2.75) is 19.8 Å². The summed E-state index contributed by atoms with van der Waals surface area (Å²) in [6.07, 6.45) is 2.42. The minimum atomic E-state index is -0.0330. The molecule has 36 heavy (non-hydrogen) atoms. The zero-order chi connectivity index (χ0) is 25.2. The van der Waals surface area contributed by atoms with Crippen molar-refractivity contribution in [2.75, 3.05) is 63.3 Å². The highest BCUT2D eigenvalue weighted by atomic mass is 16.5. The number of carbonyl (C=O) groups is 1. The SMILES string of the molecule is COc1ccc(OC)c(-c2cc(C(=O)N3CCN(c4cc(N5CCCC5)nc(C)n4)CC3)n(C)n2)c1. The average Bonchev–Trinajstić information content (AvgIpc) is 3.58. The molecule has 10 nitrogen and oxygen atoms in total. The molecule has 10 heteroatoms. The Kier molecular flexibility index (Phi) is 6.67. The summed E-state index contributed by atoms with van der Waals surface area (Å²) >= 11 is 0. The lowest BCUT2D eigenvalue weighted by molar-refractivity contribution is 0.0735. The topological polar surface area (TPSA) is 88.9 Å². The molecule has 3 aromatic rings. The zero-order valence-corrected chi connectivity index (χ0v) is 21.4. The smallest absolute Gasteiger partial charge is 0.272 e. The fourth-order valence-corrected chi connectivity index (χ4v) is 4.92. The normalized spacial score (nSPS) is 15.9. The molecule has 1 aromatic carbocycles. The Balaban J connectivity index is 1.30. The van der Waals surface area contributed by atoms with E-state index in [0.29, 0.717) is 36.0 Å². The lowest BCUT2D eigenvalue weighted by atomic mass is 10.1. The highest BCUT2D eigenvalue weighted by Gasteiger charge is 2.27. The van der Waals surface area contributed by atoms with Crippen molar-refractivity contribution < 1.29 is 14.3 Å². The number of nitrogens with zero attached hydrogens (tertiary/aromatic N) is 7. The Hall–Kier alpha value is -3.82. The zero-order valence-electron chi connectivity index (χ0n) is 21.4. The van der Waals surface area contributed by atoms with E-state index in [-0.39, 0.29) is 5.91 Å². The second-order valence-corrected chi connectivity index (χ2v) is 9.21. The fourth-order valence-electron chi connectivity index (χ4n) is 4.92. The maximum atomic E-state index is 13.4. The van der Waals surface area contributed by atoms with Crippen LogP contribution in [0.25, 0.3) is 11.3 Å². The van der Waals surface area contributed by atoms with E-state index in [1.807, 2.05) is 36.1 Å². The first-order valence-corrected chi connectivity index (χ1v) is 12.4. The lowest BCUT2D eigenvalue weighted by Crippen LogP contribution is -2.49. The van der Waals surface area contributed by atoms with E-state index in [4.69, 9.17) is 9.47 Å². The molecule has 2 saturated heterocycles. The van der Waals surface area contributed by atoms with Crippen LogP contribution in [0.2, 0.25) is 0 Å². The quantitative estimate of drug-likeness (QED) is 0.520. The van der Waals surface area contributed by atoms with Gasteiger partial charge < -0.3 is 24.2 Å². The van der Waals surface area contributed by atoms with Crippen molar-refractivity contribution in [3.63, 3.8) is 0 Å². The third kappa shape index (κ3) is 4.67. The van der Waals surface area contributed by atoms with Crippen LogP contribution >= 0.6 is 0 Å². The van der Waals surface area contributed by atoms with Gasteiger partial charge in [-0.15, -0.1) is 0 Å². The first-order chi connectivity index (χ1) is 17.5. The third-order valence-electron chi connectivity index (χ3n) is 6.91. The summed E-state index contributed by atoms with van der Waals surface area (Å²) in [7, 11) is 5.03. The number of methoxy groups -OCH3 is 2. The van der Waals surface area contributed by atoms with E-state index in [0.717, 1.165) is 49.2 Å². The van der Waals surface area contributed by atoms with Crippen LogP contribution in [0.15, 0.2) is 30.3 Å². The molecular formula is C26H33N7O3. The van der Waals surface area contributed by atoms with Crippen molar-refractivity contribution >= 4 is 17.5 Å². The Labute approximate surface area is 211 Å². The number of hydrogen-bond acceptors (Lipinski definition) is 8. The van der Waals surface area contributed by atoms with Crippen LogP contribution in [0, 0.1) is 6.92 Å². The predicted molar refractivity (Wildman–Crippen MR) is 138 cm³/mol. The number of benzene rings is 1. The van der Waals surface area contributed by atoms with Gasteiger partial charge in [-0.3, -0.25) is 9.48 Å². The lowest BCUT2D eigenvalue weighted by Gasteiger charge is -2.35. The van der Waals surface area contributed by atoms with E-state index in [2.05, 4.69) is 30.9 Å². The maximum absolute atomic E-state index is 13.4. The summed E-state index contributed by atoms with van der Waals surface area (Å²) in [5, 5.41) is 4.60. The number of rotatable bonds is 6. The molecule has 5 rings (SSSR count). The molecule has 2 fully saturated rings. The van der Waals surface area contributed by atoms with Gasteiger partial charge in [0.1, 0.15) is 34.7 Å². The van der Waals surface area contributed by atoms with Gasteiger partial charge >= 0.3 is 0 Å². The van der Waals surface area contributed by atoms with Crippen molar-refractivity contribution in [2.24, 2.45) is 7.05 Å². The van der Waals surface area contributed by atoms with Crippen LogP contribution in [-0.4, -0.2) is 84.0 Å². The molecule has 1 amide bonds. The first kappa shape index (κ1) is 23.9. The minimum Gasteiger partial charge on any atom is -0.497 e. The number of aryl methyl sites for hydroxylation is 2. The molecule has 0 radical (unpaired) electrons. The molecule has 0 bridgehead atoms. The molecule has 0 saturated carbocycles. The molecule has 4 heterocycles. The van der Waals surface area contributed by atoms with Crippen LogP contribution in [0.3, 0.4) is 0 Å². The van der Waals surface area contributed by atoms with Gasteiger partial charge in [0.2, 0.25) is 0 Å². The number of aromatic nitrogens is 4. The monoisotopic (exact) mass is 491 g/mol. The highest BCUT2D eigenvalue weighted by Crippen LogP contribution is 2.33. The molecule has 2 aromatic heterocycles. The maximum Gasteiger partial charge on any atom is 0.272 e. The van der Waals surface area contributed by atoms with Gasteiger partial charge in [-0.2, -0.15) is 5.10 Å². The van der Waals surface area contributed by atoms with E-state index in [1.54, 1.807) is 25.9 Å². The van der Waals surface area contributed by atoms with Gasteiger partial charge in [-0.1, -0.05) is 0 Å². The van der Waals surface area contributed by atoms with Crippen LogP contribution in [0.4, 0.5) is 11.6 Å². The second kappa shape index (κ2) is 10.0. The highest BCUT2D eigenvalue weighted by molar-refractivity contribution is 5.94. The van der Waals surface area contributed by atoms with Gasteiger partial charge in [0.15, 0.2) is 0 Å². The number of carbonyl (C=O) groups excluding carboxylic acids is 1. The Morgan fingerprint density at radius 2 is 1.53 bits per heavy atom. The van der Waals surface area contributed by atoms with Crippen molar-refractivity contribution in [1.29, 1.82) is 0 Å². The third-order valence-corrected chi connectivity index (χ3v) is 6.91. The number of amides is 1. The van der Waals surface area contributed by atoms with Crippen LogP contribution in [0.5, 0.6) is 11.5 Å². The average molecular weight is 492 g/mol. The second-order valence-electron chi connectivity index (χ2n) is 9.21. The van der Waals surface area contributed by atoms with E-state index in [1.165, 1.54) is 12.8 Å². The summed E-state index contributed by atoms with van der Waals surface area (Å²) in [5.41, 5.74) is 1.99. The van der Waals surface area contributed by atoms with Gasteiger partial charge in [0.25, 0.3) is 5.91 Å². The molecule has 0 spiro atoms. The van der Waals surface area contributed by atoms with Crippen LogP contribution in [0.1, 0.15) is 29.2 Å². The number of hydrogen-bond donors (Lipinski definition) is 0. The van der Waals surface area contributed by atoms with Crippen molar-refractivity contribution in [1.82, 2.24) is 24.6 Å². The predicted octanol–water partition coefficient (Wildman–Crippen LogP) is 2.77. The minimum absolute atomic E-state index is 0.0330. The number of piperazine rings is 1. The molecule has 0 atom stereocenters. The summed E-state index contributed by atoms with van der Waals surface area (Å²) < 4.78 is 12.5. The molecule has 190 valence electrons. The molecule has 2 aliphatic rings. The van der Waals surface area contributed by atoms with E-state index in [9.17, 15) is 4.79 Å². The fraction of sp³-hybridized carbons (Fsp3) is 0.462. The number of anilines is 2. The molecule has 2 aliphatic heterocycles. The van der Waals surface area contributed by atoms with Crippen molar-refractivity contribution in [3.05, 3.63) is 41.9 Å². The molecule has 0 N–H and O–H groups in total. The molecule has 0 aliphatic carbocycles. The summed E-state index contributed by atoms with van der Waals surface area (Å²) in [4.78, 5) is 29.2. The first-order valence-electron chi connectivity index (χ1n) is 12.4. The number of ether oxygens (including phenoxy) is 2. The summed E-state index contributed by atoms with van der Waals surface area (Å²) in [5.74, 6) is 4.06. The standard InChI is InChI=1S/C26H33N7O3/c1-18-27-24(31-9-5-6-10-31)17-25(28-18)32-11-13-33(14-12-32)26(34)22-16-21(29-30(22)2)20-15-19(35-3)7-8-23(20)36-4/h7-8,15-17H,5-6,9-14H2,1-4H3. The van der Waals surface area contributed by atoms with Gasteiger partial charge in [-0.05, 0) is 44.0 Å². The molecular weight excluding hydrogens is 458 g/mol. The van der Waals surface area contributed by atoms with Gasteiger partial charge in [-0.25, -0.2) is 9.97 Å². The van der Waals surface area contributed by atoms with Gasteiger partial charge in [0, 0.05) is 57.9 Å². The summed E-state index contributed by atoms with van der Waals surface area (Å²) in [6.45, 7) is 6.71.